The number of carbonyl (C=O) groups is 2. The second-order valence-electron chi connectivity index (χ2n) is 4.68. The van der Waals surface area contributed by atoms with Gasteiger partial charge in [-0.05, 0) is 37.1 Å². The quantitative estimate of drug-likeness (QED) is 0.771. The SMILES string of the molecule is CC(=O)N1CCCC(C(=O)c2ccc(Cl)cc2)C1. The molecule has 1 aromatic rings. The number of hydrogen-bond donors (Lipinski definition) is 0. The first-order valence-electron chi connectivity index (χ1n) is 6.13. The predicted octanol–water partition coefficient (Wildman–Crippen LogP) is 2.78. The van der Waals surface area contributed by atoms with Crippen molar-refractivity contribution in [2.75, 3.05) is 13.1 Å². The fourth-order valence-corrected chi connectivity index (χ4v) is 2.45. The van der Waals surface area contributed by atoms with Crippen molar-refractivity contribution >= 4 is 23.3 Å². The highest BCUT2D eigenvalue weighted by molar-refractivity contribution is 6.30. The monoisotopic (exact) mass is 265 g/mol. The Bertz CT molecular complexity index is 455. The van der Waals surface area contributed by atoms with Crippen molar-refractivity contribution in [3.63, 3.8) is 0 Å². The zero-order chi connectivity index (χ0) is 13.1. The van der Waals surface area contributed by atoms with Crippen molar-refractivity contribution in [1.82, 2.24) is 4.90 Å². The van der Waals surface area contributed by atoms with E-state index in [0.717, 1.165) is 19.4 Å². The molecule has 1 saturated heterocycles. The minimum absolute atomic E-state index is 0.0450. The van der Waals surface area contributed by atoms with Gasteiger partial charge < -0.3 is 4.90 Å². The van der Waals surface area contributed by atoms with E-state index >= 15 is 0 Å². The molecule has 0 bridgehead atoms. The van der Waals surface area contributed by atoms with Crippen molar-refractivity contribution in [3.8, 4) is 0 Å². The summed E-state index contributed by atoms with van der Waals surface area (Å²) < 4.78 is 0. The van der Waals surface area contributed by atoms with Crippen LogP contribution in [0.15, 0.2) is 24.3 Å². The standard InChI is InChI=1S/C14H16ClNO2/c1-10(17)16-8-2-3-12(9-16)14(18)11-4-6-13(15)7-5-11/h4-7,12H,2-3,8-9H2,1H3. The zero-order valence-electron chi connectivity index (χ0n) is 10.4. The highest BCUT2D eigenvalue weighted by Gasteiger charge is 2.27. The van der Waals surface area contributed by atoms with E-state index in [1.54, 1.807) is 36.1 Å². The molecule has 1 atom stereocenters. The number of likely N-dealkylation sites (tertiary alicyclic amines) is 1. The molecule has 1 heterocycles. The molecular weight excluding hydrogens is 250 g/mol. The van der Waals surface area contributed by atoms with Crippen molar-refractivity contribution in [3.05, 3.63) is 34.9 Å². The van der Waals surface area contributed by atoms with Crippen LogP contribution in [-0.4, -0.2) is 29.7 Å². The summed E-state index contributed by atoms with van der Waals surface area (Å²) in [6.45, 7) is 2.85. The lowest BCUT2D eigenvalue weighted by atomic mass is 9.90. The van der Waals surface area contributed by atoms with E-state index in [-0.39, 0.29) is 17.6 Å². The summed E-state index contributed by atoms with van der Waals surface area (Å²) in [6.07, 6.45) is 1.74. The molecular formula is C14H16ClNO2. The van der Waals surface area contributed by atoms with E-state index in [0.29, 0.717) is 17.1 Å². The molecule has 2 rings (SSSR count). The van der Waals surface area contributed by atoms with Crippen LogP contribution in [0.1, 0.15) is 30.1 Å². The summed E-state index contributed by atoms with van der Waals surface area (Å²) >= 11 is 5.80. The molecule has 18 heavy (non-hydrogen) atoms. The first kappa shape index (κ1) is 13.1. The fraction of sp³-hybridized carbons (Fsp3) is 0.429. The largest absolute Gasteiger partial charge is 0.342 e. The number of Topliss-reactive ketones (excluding diaryl/α,β-unsaturated/α-hetero) is 1. The number of benzene rings is 1. The van der Waals surface area contributed by atoms with Gasteiger partial charge in [0.15, 0.2) is 5.78 Å². The summed E-state index contributed by atoms with van der Waals surface area (Å²) in [4.78, 5) is 25.4. The lowest BCUT2D eigenvalue weighted by molar-refractivity contribution is -0.130. The van der Waals surface area contributed by atoms with Crippen LogP contribution < -0.4 is 0 Å². The third-order valence-corrected chi connectivity index (χ3v) is 3.62. The van der Waals surface area contributed by atoms with Crippen molar-refractivity contribution in [2.24, 2.45) is 5.92 Å². The van der Waals surface area contributed by atoms with Crippen molar-refractivity contribution in [1.29, 1.82) is 0 Å². The van der Waals surface area contributed by atoms with E-state index in [9.17, 15) is 9.59 Å². The van der Waals surface area contributed by atoms with Gasteiger partial charge in [-0.2, -0.15) is 0 Å². The lowest BCUT2D eigenvalue weighted by Crippen LogP contribution is -2.41. The average Bonchev–Trinajstić information content (AvgIpc) is 2.39. The van der Waals surface area contributed by atoms with Gasteiger partial charge in [-0.3, -0.25) is 9.59 Å². The summed E-state index contributed by atoms with van der Waals surface area (Å²) in [6, 6.07) is 6.94. The van der Waals surface area contributed by atoms with Gasteiger partial charge in [0.25, 0.3) is 0 Å². The first-order valence-corrected chi connectivity index (χ1v) is 6.51. The minimum atomic E-state index is -0.0798. The third-order valence-electron chi connectivity index (χ3n) is 3.37. The van der Waals surface area contributed by atoms with Crippen LogP contribution in [0.5, 0.6) is 0 Å². The van der Waals surface area contributed by atoms with Crippen LogP contribution in [0.2, 0.25) is 5.02 Å². The maximum absolute atomic E-state index is 12.3. The number of hydrogen-bond acceptors (Lipinski definition) is 2. The van der Waals surface area contributed by atoms with E-state index < -0.39 is 0 Å². The average molecular weight is 266 g/mol. The van der Waals surface area contributed by atoms with E-state index in [1.807, 2.05) is 0 Å². The predicted molar refractivity (Wildman–Crippen MR) is 70.8 cm³/mol. The van der Waals surface area contributed by atoms with Gasteiger partial charge in [0, 0.05) is 36.5 Å². The van der Waals surface area contributed by atoms with E-state index in [4.69, 9.17) is 11.6 Å². The van der Waals surface area contributed by atoms with Crippen LogP contribution in [0.3, 0.4) is 0 Å². The Morgan fingerprint density at radius 3 is 2.56 bits per heavy atom. The van der Waals surface area contributed by atoms with Gasteiger partial charge in [-0.1, -0.05) is 11.6 Å². The molecule has 4 heteroatoms. The molecule has 0 aliphatic carbocycles. The molecule has 1 aliphatic heterocycles. The molecule has 0 aromatic heterocycles. The highest BCUT2D eigenvalue weighted by atomic mass is 35.5. The summed E-state index contributed by atoms with van der Waals surface area (Å²) in [5.41, 5.74) is 0.676. The van der Waals surface area contributed by atoms with E-state index in [1.165, 1.54) is 0 Å². The Morgan fingerprint density at radius 2 is 1.94 bits per heavy atom. The Labute approximate surface area is 112 Å². The molecule has 1 aliphatic rings. The smallest absolute Gasteiger partial charge is 0.219 e. The second kappa shape index (κ2) is 5.53. The second-order valence-corrected chi connectivity index (χ2v) is 5.11. The molecule has 0 saturated carbocycles. The lowest BCUT2D eigenvalue weighted by Gasteiger charge is -2.31. The molecule has 96 valence electrons. The van der Waals surface area contributed by atoms with Gasteiger partial charge in [0.1, 0.15) is 0 Å². The van der Waals surface area contributed by atoms with Gasteiger partial charge >= 0.3 is 0 Å². The molecule has 1 unspecified atom stereocenters. The number of nitrogens with zero attached hydrogens (tertiary/aromatic N) is 1. The summed E-state index contributed by atoms with van der Waals surface area (Å²) in [5.74, 6) is 0.0741. The van der Waals surface area contributed by atoms with Gasteiger partial charge in [0.05, 0.1) is 0 Å². The van der Waals surface area contributed by atoms with Crippen molar-refractivity contribution < 1.29 is 9.59 Å². The number of rotatable bonds is 2. The van der Waals surface area contributed by atoms with Crippen LogP contribution in [0.4, 0.5) is 0 Å². The van der Waals surface area contributed by atoms with Crippen LogP contribution in [-0.2, 0) is 4.79 Å². The van der Waals surface area contributed by atoms with E-state index in [2.05, 4.69) is 0 Å². The van der Waals surface area contributed by atoms with Gasteiger partial charge in [-0.25, -0.2) is 0 Å². The highest BCUT2D eigenvalue weighted by Crippen LogP contribution is 2.21. The number of carbonyl (C=O) groups excluding carboxylic acids is 2. The third kappa shape index (κ3) is 2.91. The summed E-state index contributed by atoms with van der Waals surface area (Å²) in [5, 5.41) is 0.626. The molecule has 0 spiro atoms. The van der Waals surface area contributed by atoms with Crippen LogP contribution >= 0.6 is 11.6 Å². The Hall–Kier alpha value is -1.35. The number of ketones is 1. The molecule has 0 N–H and O–H groups in total. The first-order chi connectivity index (χ1) is 8.58. The number of amides is 1. The normalized spacial score (nSPS) is 19.7. The fourth-order valence-electron chi connectivity index (χ4n) is 2.33. The molecule has 1 aromatic carbocycles. The maximum Gasteiger partial charge on any atom is 0.219 e. The summed E-state index contributed by atoms with van der Waals surface area (Å²) in [7, 11) is 0. The molecule has 1 amide bonds. The van der Waals surface area contributed by atoms with Gasteiger partial charge in [0.2, 0.25) is 5.91 Å². The number of halogens is 1. The number of piperidine rings is 1. The van der Waals surface area contributed by atoms with Gasteiger partial charge in [-0.15, -0.1) is 0 Å². The maximum atomic E-state index is 12.3. The minimum Gasteiger partial charge on any atom is -0.342 e. The Balaban J connectivity index is 2.09. The Kier molecular flexibility index (Phi) is 4.02. The van der Waals surface area contributed by atoms with Crippen molar-refractivity contribution in [2.45, 2.75) is 19.8 Å². The van der Waals surface area contributed by atoms with Crippen LogP contribution in [0.25, 0.3) is 0 Å². The molecule has 3 nitrogen and oxygen atoms in total. The van der Waals surface area contributed by atoms with Crippen LogP contribution in [0, 0.1) is 5.92 Å². The Morgan fingerprint density at radius 1 is 1.28 bits per heavy atom. The topological polar surface area (TPSA) is 37.4 Å². The zero-order valence-corrected chi connectivity index (χ0v) is 11.1. The molecule has 1 fully saturated rings. The molecule has 0 radical (unpaired) electrons.